The summed E-state index contributed by atoms with van der Waals surface area (Å²) in [7, 11) is 0. The minimum absolute atomic E-state index is 0.106. The van der Waals surface area contributed by atoms with Gasteiger partial charge in [0.1, 0.15) is 11.3 Å². The summed E-state index contributed by atoms with van der Waals surface area (Å²) in [6, 6.07) is 12.3. The third kappa shape index (κ3) is 5.42. The average Bonchev–Trinajstić information content (AvgIpc) is 3.27. The fourth-order valence-electron chi connectivity index (χ4n) is 4.58. The van der Waals surface area contributed by atoms with E-state index in [1.807, 2.05) is 26.0 Å². The number of hydrogen-bond donors (Lipinski definition) is 0. The minimum Gasteiger partial charge on any atom is -0.493 e. The van der Waals surface area contributed by atoms with E-state index in [2.05, 4.69) is 31.2 Å². The molecular formula is C29H33NO5. The molecule has 0 saturated carbocycles. The lowest BCUT2D eigenvalue weighted by atomic mass is 9.97. The number of benzene rings is 2. The van der Waals surface area contributed by atoms with Crippen LogP contribution in [0.2, 0.25) is 0 Å². The molecule has 1 aliphatic rings. The number of carbonyl (C=O) groups excluding carboxylic acids is 2. The Morgan fingerprint density at radius 3 is 2.63 bits per heavy atom. The second-order valence-corrected chi connectivity index (χ2v) is 9.00. The quantitative estimate of drug-likeness (QED) is 0.309. The van der Waals surface area contributed by atoms with E-state index in [-0.39, 0.29) is 17.8 Å². The SMILES string of the molecule is CCOC(=O)C1CCCN(C(=O)/C=C(\C)c2cc3c(-c4ccc(C)cc4)coc3cc2OCC)C1. The van der Waals surface area contributed by atoms with Gasteiger partial charge in [-0.15, -0.1) is 0 Å². The molecule has 1 saturated heterocycles. The van der Waals surface area contributed by atoms with Crippen molar-refractivity contribution in [1.82, 2.24) is 4.90 Å². The zero-order chi connectivity index (χ0) is 24.9. The van der Waals surface area contributed by atoms with Gasteiger partial charge in [0, 0.05) is 41.7 Å². The molecule has 0 radical (unpaired) electrons. The first-order chi connectivity index (χ1) is 16.9. The maximum absolute atomic E-state index is 13.1. The molecule has 1 aliphatic heterocycles. The second-order valence-electron chi connectivity index (χ2n) is 9.00. The highest BCUT2D eigenvalue weighted by Crippen LogP contribution is 2.37. The van der Waals surface area contributed by atoms with Crippen molar-refractivity contribution in [1.29, 1.82) is 0 Å². The van der Waals surface area contributed by atoms with E-state index in [1.54, 1.807) is 24.2 Å². The van der Waals surface area contributed by atoms with Crippen LogP contribution in [0, 0.1) is 12.8 Å². The lowest BCUT2D eigenvalue weighted by Gasteiger charge is -2.31. The first-order valence-electron chi connectivity index (χ1n) is 12.3. The van der Waals surface area contributed by atoms with Gasteiger partial charge in [0.15, 0.2) is 0 Å². The summed E-state index contributed by atoms with van der Waals surface area (Å²) >= 11 is 0. The molecule has 1 unspecified atom stereocenters. The standard InChI is InChI=1S/C29H33NO5/c1-5-33-26-16-27-24(25(18-35-27)21-11-9-19(3)10-12-21)15-23(26)20(4)14-28(31)30-13-7-8-22(17-30)29(32)34-6-2/h9-12,14-16,18,22H,5-8,13,17H2,1-4H3/b20-14+. The van der Waals surface area contributed by atoms with E-state index in [4.69, 9.17) is 13.9 Å². The second kappa shape index (κ2) is 10.8. The van der Waals surface area contributed by atoms with Gasteiger partial charge in [-0.05, 0) is 57.7 Å². The maximum atomic E-state index is 13.1. The molecular weight excluding hydrogens is 442 g/mol. The van der Waals surface area contributed by atoms with Crippen LogP contribution in [0.25, 0.3) is 27.7 Å². The van der Waals surface area contributed by atoms with Gasteiger partial charge in [-0.2, -0.15) is 0 Å². The number of nitrogens with zero attached hydrogens (tertiary/aromatic N) is 1. The van der Waals surface area contributed by atoms with Crippen molar-refractivity contribution >= 4 is 28.4 Å². The Morgan fingerprint density at radius 1 is 1.14 bits per heavy atom. The van der Waals surface area contributed by atoms with Crippen LogP contribution < -0.4 is 4.74 Å². The number of hydrogen-bond acceptors (Lipinski definition) is 5. The topological polar surface area (TPSA) is 69.0 Å². The van der Waals surface area contributed by atoms with Crippen LogP contribution in [-0.4, -0.2) is 43.1 Å². The van der Waals surface area contributed by atoms with Crippen molar-refractivity contribution in [2.75, 3.05) is 26.3 Å². The number of ether oxygens (including phenoxy) is 2. The van der Waals surface area contributed by atoms with Crippen LogP contribution in [0.1, 0.15) is 44.7 Å². The zero-order valence-corrected chi connectivity index (χ0v) is 20.9. The van der Waals surface area contributed by atoms with Crippen molar-refractivity contribution in [3.05, 3.63) is 59.9 Å². The van der Waals surface area contributed by atoms with E-state index in [0.717, 1.165) is 46.1 Å². The van der Waals surface area contributed by atoms with Crippen LogP contribution in [0.5, 0.6) is 5.75 Å². The molecule has 6 nitrogen and oxygen atoms in total. The summed E-state index contributed by atoms with van der Waals surface area (Å²) in [5.41, 5.74) is 5.65. The Labute approximate surface area is 206 Å². The molecule has 1 aromatic heterocycles. The minimum atomic E-state index is -0.264. The first kappa shape index (κ1) is 24.6. The van der Waals surface area contributed by atoms with Crippen molar-refractivity contribution in [2.45, 2.75) is 40.5 Å². The molecule has 0 aliphatic carbocycles. The summed E-state index contributed by atoms with van der Waals surface area (Å²) in [6.07, 6.45) is 4.94. The highest BCUT2D eigenvalue weighted by atomic mass is 16.5. The van der Waals surface area contributed by atoms with Gasteiger partial charge < -0.3 is 18.8 Å². The predicted molar refractivity (Wildman–Crippen MR) is 137 cm³/mol. The number of fused-ring (bicyclic) bond motifs is 1. The van der Waals surface area contributed by atoms with Gasteiger partial charge >= 0.3 is 5.97 Å². The monoisotopic (exact) mass is 475 g/mol. The Morgan fingerprint density at radius 2 is 1.91 bits per heavy atom. The number of allylic oxidation sites excluding steroid dienone is 1. The smallest absolute Gasteiger partial charge is 0.310 e. The predicted octanol–water partition coefficient (Wildman–Crippen LogP) is 6.01. The number of furan rings is 1. The van der Waals surface area contributed by atoms with Crippen molar-refractivity contribution in [3.8, 4) is 16.9 Å². The number of esters is 1. The molecule has 6 heteroatoms. The first-order valence-corrected chi connectivity index (χ1v) is 12.3. The average molecular weight is 476 g/mol. The van der Waals surface area contributed by atoms with Gasteiger partial charge in [0.25, 0.3) is 0 Å². The molecule has 4 rings (SSSR count). The molecule has 1 atom stereocenters. The highest BCUT2D eigenvalue weighted by molar-refractivity contribution is 6.00. The molecule has 2 heterocycles. The number of aryl methyl sites for hydroxylation is 1. The summed E-state index contributed by atoms with van der Waals surface area (Å²) in [5.74, 6) is 0.0810. The van der Waals surface area contributed by atoms with Crippen LogP contribution in [0.15, 0.2) is 53.2 Å². The molecule has 1 amide bonds. The molecule has 0 bridgehead atoms. The van der Waals surface area contributed by atoms with E-state index >= 15 is 0 Å². The van der Waals surface area contributed by atoms with Crippen molar-refractivity contribution in [3.63, 3.8) is 0 Å². The lowest BCUT2D eigenvalue weighted by Crippen LogP contribution is -2.42. The Hall–Kier alpha value is -3.54. The van der Waals surface area contributed by atoms with E-state index in [9.17, 15) is 9.59 Å². The normalized spacial score (nSPS) is 16.4. The molecule has 3 aromatic rings. The van der Waals surface area contributed by atoms with Crippen LogP contribution in [0.3, 0.4) is 0 Å². The summed E-state index contributed by atoms with van der Waals surface area (Å²) in [6.45, 7) is 9.58. The van der Waals surface area contributed by atoms with Gasteiger partial charge in [-0.25, -0.2) is 0 Å². The van der Waals surface area contributed by atoms with Gasteiger partial charge in [0.05, 0.1) is 25.4 Å². The van der Waals surface area contributed by atoms with Crippen LogP contribution in [-0.2, 0) is 14.3 Å². The Bertz CT molecular complexity index is 1240. The van der Waals surface area contributed by atoms with Crippen molar-refractivity contribution < 1.29 is 23.5 Å². The number of likely N-dealkylation sites (tertiary alicyclic amines) is 1. The summed E-state index contributed by atoms with van der Waals surface area (Å²) in [5, 5.41) is 0.966. The lowest BCUT2D eigenvalue weighted by molar-refractivity contribution is -0.150. The fourth-order valence-corrected chi connectivity index (χ4v) is 4.58. The highest BCUT2D eigenvalue weighted by Gasteiger charge is 2.29. The van der Waals surface area contributed by atoms with E-state index in [1.165, 1.54) is 5.56 Å². The molecule has 2 aromatic carbocycles. The Kier molecular flexibility index (Phi) is 7.59. The molecule has 184 valence electrons. The summed E-state index contributed by atoms with van der Waals surface area (Å²) in [4.78, 5) is 27.1. The number of rotatable bonds is 7. The van der Waals surface area contributed by atoms with E-state index < -0.39 is 0 Å². The third-order valence-electron chi connectivity index (χ3n) is 6.46. The van der Waals surface area contributed by atoms with Crippen LogP contribution in [0.4, 0.5) is 0 Å². The molecule has 35 heavy (non-hydrogen) atoms. The number of carbonyl (C=O) groups is 2. The third-order valence-corrected chi connectivity index (χ3v) is 6.46. The largest absolute Gasteiger partial charge is 0.493 e. The number of amides is 1. The van der Waals surface area contributed by atoms with Crippen molar-refractivity contribution in [2.24, 2.45) is 5.92 Å². The van der Waals surface area contributed by atoms with Crippen LogP contribution >= 0.6 is 0 Å². The fraction of sp³-hybridized carbons (Fsp3) is 0.379. The zero-order valence-electron chi connectivity index (χ0n) is 20.9. The number of piperidine rings is 1. The molecule has 0 spiro atoms. The van der Waals surface area contributed by atoms with Gasteiger partial charge in [0.2, 0.25) is 5.91 Å². The summed E-state index contributed by atoms with van der Waals surface area (Å²) < 4.78 is 17.0. The molecule has 0 N–H and O–H groups in total. The maximum Gasteiger partial charge on any atom is 0.310 e. The Balaban J connectivity index is 1.65. The van der Waals surface area contributed by atoms with Gasteiger partial charge in [-0.1, -0.05) is 29.8 Å². The van der Waals surface area contributed by atoms with Gasteiger partial charge in [-0.3, -0.25) is 9.59 Å². The van der Waals surface area contributed by atoms with E-state index in [0.29, 0.717) is 32.1 Å². The molecule has 1 fully saturated rings.